The van der Waals surface area contributed by atoms with Crippen LogP contribution in [0.4, 0.5) is 5.00 Å². The number of nitrogens with zero attached hydrogens (tertiary/aromatic N) is 1. The average molecular weight is 310 g/mol. The van der Waals surface area contributed by atoms with Gasteiger partial charge < -0.3 is 11.1 Å². The molecule has 0 spiro atoms. The predicted octanol–water partition coefficient (Wildman–Crippen LogP) is 2.71. The van der Waals surface area contributed by atoms with E-state index in [0.717, 1.165) is 5.01 Å². The number of carbonyl (C=O) groups excluding carboxylic acids is 2. The molecule has 20 heavy (non-hydrogen) atoms. The van der Waals surface area contributed by atoms with E-state index in [1.165, 1.54) is 11.3 Å². The fourth-order valence-corrected chi connectivity index (χ4v) is 2.57. The maximum atomic E-state index is 12.1. The lowest BCUT2D eigenvalue weighted by Gasteiger charge is -2.03. The van der Waals surface area contributed by atoms with Crippen molar-refractivity contribution < 1.29 is 9.59 Å². The van der Waals surface area contributed by atoms with Crippen molar-refractivity contribution in [2.24, 2.45) is 5.73 Å². The molecule has 0 atom stereocenters. The summed E-state index contributed by atoms with van der Waals surface area (Å²) < 4.78 is 0. The van der Waals surface area contributed by atoms with Gasteiger partial charge in [-0.15, -0.1) is 11.3 Å². The highest BCUT2D eigenvalue weighted by Gasteiger charge is 2.17. The first-order chi connectivity index (χ1) is 9.51. The molecule has 104 valence electrons. The van der Waals surface area contributed by atoms with E-state index in [9.17, 15) is 9.59 Å². The van der Waals surface area contributed by atoms with E-state index < -0.39 is 5.91 Å². The van der Waals surface area contributed by atoms with Gasteiger partial charge in [-0.2, -0.15) is 0 Å². The molecule has 0 saturated heterocycles. The third kappa shape index (κ3) is 3.15. The van der Waals surface area contributed by atoms with Crippen LogP contribution in [-0.2, 0) is 6.42 Å². The minimum atomic E-state index is -0.660. The smallest absolute Gasteiger partial charge is 0.270 e. The summed E-state index contributed by atoms with van der Waals surface area (Å²) in [4.78, 5) is 27.5. The van der Waals surface area contributed by atoms with E-state index >= 15 is 0 Å². The van der Waals surface area contributed by atoms with E-state index in [2.05, 4.69) is 10.3 Å². The molecule has 0 radical (unpaired) electrons. The molecule has 0 unspecified atom stereocenters. The molecule has 0 aliphatic rings. The van der Waals surface area contributed by atoms with E-state index in [0.29, 0.717) is 22.0 Å². The number of rotatable bonds is 4. The van der Waals surface area contributed by atoms with Crippen molar-refractivity contribution in [2.45, 2.75) is 13.3 Å². The van der Waals surface area contributed by atoms with E-state index in [1.54, 1.807) is 24.3 Å². The number of anilines is 1. The summed E-state index contributed by atoms with van der Waals surface area (Å²) in [5, 5.41) is 4.31. The van der Waals surface area contributed by atoms with Gasteiger partial charge in [0.05, 0.1) is 5.01 Å². The second-order valence-electron chi connectivity index (χ2n) is 3.96. The number of aromatic nitrogens is 1. The molecule has 3 N–H and O–H groups in total. The normalized spacial score (nSPS) is 10.3. The molecule has 2 amide bonds. The Hall–Kier alpha value is -1.92. The molecule has 2 rings (SSSR count). The van der Waals surface area contributed by atoms with Gasteiger partial charge in [0.1, 0.15) is 5.00 Å². The van der Waals surface area contributed by atoms with Gasteiger partial charge in [-0.25, -0.2) is 4.98 Å². The third-order valence-corrected chi connectivity index (χ3v) is 3.91. The lowest BCUT2D eigenvalue weighted by molar-refractivity contribution is 0.0997. The van der Waals surface area contributed by atoms with Gasteiger partial charge in [-0.1, -0.05) is 18.5 Å². The summed E-state index contributed by atoms with van der Waals surface area (Å²) in [5.74, 6) is -0.997. The maximum absolute atomic E-state index is 12.1. The van der Waals surface area contributed by atoms with Crippen LogP contribution in [0, 0.1) is 0 Å². The number of primary amides is 1. The van der Waals surface area contributed by atoms with Crippen LogP contribution in [0.15, 0.2) is 24.3 Å². The number of aryl methyl sites for hydroxylation is 1. The average Bonchev–Trinajstić information content (AvgIpc) is 2.82. The van der Waals surface area contributed by atoms with Crippen LogP contribution in [0.1, 0.15) is 32.8 Å². The molecule has 0 aliphatic heterocycles. The van der Waals surface area contributed by atoms with Gasteiger partial charge >= 0.3 is 0 Å². The van der Waals surface area contributed by atoms with Crippen molar-refractivity contribution in [1.82, 2.24) is 4.98 Å². The fraction of sp³-hybridized carbons (Fsp3) is 0.154. The Labute approximate surface area is 124 Å². The summed E-state index contributed by atoms with van der Waals surface area (Å²) in [6.45, 7) is 1.91. The largest absolute Gasteiger partial charge is 0.364 e. The molecular weight excluding hydrogens is 298 g/mol. The molecule has 0 bridgehead atoms. The van der Waals surface area contributed by atoms with Crippen LogP contribution in [0.2, 0.25) is 5.02 Å². The third-order valence-electron chi connectivity index (χ3n) is 2.54. The summed E-state index contributed by atoms with van der Waals surface area (Å²) in [6, 6.07) is 6.44. The molecule has 1 heterocycles. The number of nitrogens with two attached hydrogens (primary N) is 1. The highest BCUT2D eigenvalue weighted by Crippen LogP contribution is 2.25. The molecule has 5 nitrogen and oxygen atoms in total. The number of amides is 2. The molecular formula is C13H12ClN3O2S. The topological polar surface area (TPSA) is 85.1 Å². The van der Waals surface area contributed by atoms with Crippen LogP contribution < -0.4 is 11.1 Å². The van der Waals surface area contributed by atoms with E-state index in [-0.39, 0.29) is 11.6 Å². The van der Waals surface area contributed by atoms with Crippen molar-refractivity contribution >= 4 is 39.8 Å². The minimum Gasteiger partial charge on any atom is -0.364 e. The Morgan fingerprint density at radius 2 is 2.00 bits per heavy atom. The molecule has 0 saturated carbocycles. The number of carbonyl (C=O) groups is 2. The Kier molecular flexibility index (Phi) is 4.36. The second kappa shape index (κ2) is 6.02. The zero-order valence-electron chi connectivity index (χ0n) is 10.6. The summed E-state index contributed by atoms with van der Waals surface area (Å²) in [5.41, 5.74) is 5.79. The zero-order chi connectivity index (χ0) is 14.7. The van der Waals surface area contributed by atoms with Crippen LogP contribution >= 0.6 is 22.9 Å². The number of benzene rings is 1. The van der Waals surface area contributed by atoms with Crippen molar-refractivity contribution in [3.05, 3.63) is 45.6 Å². The van der Waals surface area contributed by atoms with Crippen LogP contribution in [0.5, 0.6) is 0 Å². The fourth-order valence-electron chi connectivity index (χ4n) is 1.54. The standard InChI is InChI=1S/C13H12ClN3O2S/c1-2-9-16-10(11(15)18)13(20-9)17-12(19)7-3-5-8(14)6-4-7/h3-6H,2H2,1H3,(H2,15,18)(H,17,19). The van der Waals surface area contributed by atoms with Crippen LogP contribution in [-0.4, -0.2) is 16.8 Å². The lowest BCUT2D eigenvalue weighted by atomic mass is 10.2. The summed E-state index contributed by atoms with van der Waals surface area (Å²) in [7, 11) is 0. The van der Waals surface area contributed by atoms with Crippen molar-refractivity contribution in [2.75, 3.05) is 5.32 Å². The first-order valence-corrected chi connectivity index (χ1v) is 7.07. The molecule has 0 fully saturated rings. The number of halogens is 1. The maximum Gasteiger partial charge on any atom is 0.270 e. The molecule has 2 aromatic rings. The van der Waals surface area contributed by atoms with Crippen molar-refractivity contribution in [3.8, 4) is 0 Å². The number of hydrogen-bond acceptors (Lipinski definition) is 4. The molecule has 0 aliphatic carbocycles. The number of nitrogens with one attached hydrogen (secondary N) is 1. The monoisotopic (exact) mass is 309 g/mol. The van der Waals surface area contributed by atoms with Crippen molar-refractivity contribution in [3.63, 3.8) is 0 Å². The van der Waals surface area contributed by atoms with Gasteiger partial charge in [0.15, 0.2) is 5.69 Å². The van der Waals surface area contributed by atoms with E-state index in [1.807, 2.05) is 6.92 Å². The van der Waals surface area contributed by atoms with E-state index in [4.69, 9.17) is 17.3 Å². The number of hydrogen-bond donors (Lipinski definition) is 2. The predicted molar refractivity (Wildman–Crippen MR) is 79.4 cm³/mol. The van der Waals surface area contributed by atoms with Gasteiger partial charge in [-0.3, -0.25) is 9.59 Å². The first-order valence-electron chi connectivity index (χ1n) is 5.87. The Bertz CT molecular complexity index is 652. The zero-order valence-corrected chi connectivity index (χ0v) is 12.2. The second-order valence-corrected chi connectivity index (χ2v) is 5.48. The molecule has 1 aromatic carbocycles. The Morgan fingerprint density at radius 1 is 1.35 bits per heavy atom. The highest BCUT2D eigenvalue weighted by molar-refractivity contribution is 7.16. The number of thiazole rings is 1. The molecule has 7 heteroatoms. The highest BCUT2D eigenvalue weighted by atomic mass is 35.5. The van der Waals surface area contributed by atoms with Crippen LogP contribution in [0.3, 0.4) is 0 Å². The van der Waals surface area contributed by atoms with Gasteiger partial charge in [-0.05, 0) is 30.7 Å². The minimum absolute atomic E-state index is 0.0918. The first kappa shape index (κ1) is 14.5. The van der Waals surface area contributed by atoms with Gasteiger partial charge in [0, 0.05) is 10.6 Å². The lowest BCUT2D eigenvalue weighted by Crippen LogP contribution is -2.17. The Balaban J connectivity index is 2.25. The van der Waals surface area contributed by atoms with Crippen molar-refractivity contribution in [1.29, 1.82) is 0 Å². The van der Waals surface area contributed by atoms with Gasteiger partial charge in [0.25, 0.3) is 11.8 Å². The summed E-state index contributed by atoms with van der Waals surface area (Å²) in [6.07, 6.45) is 0.668. The van der Waals surface area contributed by atoms with Gasteiger partial charge in [0.2, 0.25) is 0 Å². The quantitative estimate of drug-likeness (QED) is 0.910. The SMILES string of the molecule is CCc1nc(C(N)=O)c(NC(=O)c2ccc(Cl)cc2)s1. The molecule has 1 aromatic heterocycles. The van der Waals surface area contributed by atoms with Crippen LogP contribution in [0.25, 0.3) is 0 Å². The Morgan fingerprint density at radius 3 is 2.55 bits per heavy atom. The summed E-state index contributed by atoms with van der Waals surface area (Å²) >= 11 is 7.01.